The van der Waals surface area contributed by atoms with Gasteiger partial charge in [-0.1, -0.05) is 36.4 Å². The fourth-order valence-electron chi connectivity index (χ4n) is 3.03. The molecule has 4 aromatic rings. The fraction of sp³-hybridized carbons (Fsp3) is 0.0909. The van der Waals surface area contributed by atoms with E-state index in [1.165, 1.54) is 6.07 Å². The molecule has 2 heterocycles. The lowest BCUT2D eigenvalue weighted by Crippen LogP contribution is -2.04. The molecule has 0 atom stereocenters. The van der Waals surface area contributed by atoms with Crippen molar-refractivity contribution in [1.29, 1.82) is 0 Å². The minimum atomic E-state index is -4.38. The third kappa shape index (κ3) is 3.81. The average molecular weight is 379 g/mol. The molecule has 0 saturated carbocycles. The van der Waals surface area contributed by atoms with Crippen molar-refractivity contribution >= 4 is 16.6 Å². The van der Waals surface area contributed by atoms with Crippen LogP contribution in [-0.4, -0.2) is 9.97 Å². The van der Waals surface area contributed by atoms with Crippen LogP contribution >= 0.6 is 0 Å². The smallest absolute Gasteiger partial charge is 0.380 e. The zero-order chi connectivity index (χ0) is 19.6. The largest absolute Gasteiger partial charge is 0.416 e. The number of aromatic nitrogens is 2. The molecule has 0 saturated heterocycles. The number of para-hydroxylation sites is 1. The summed E-state index contributed by atoms with van der Waals surface area (Å²) in [5, 5.41) is 4.22. The Labute approximate surface area is 159 Å². The molecule has 28 heavy (non-hydrogen) atoms. The van der Waals surface area contributed by atoms with Crippen LogP contribution in [0.4, 0.5) is 18.9 Å². The summed E-state index contributed by atoms with van der Waals surface area (Å²) in [7, 11) is 0. The quantitative estimate of drug-likeness (QED) is 0.478. The van der Waals surface area contributed by atoms with Crippen molar-refractivity contribution in [2.45, 2.75) is 12.7 Å². The Morgan fingerprint density at radius 3 is 2.54 bits per heavy atom. The van der Waals surface area contributed by atoms with E-state index in [2.05, 4.69) is 15.3 Å². The van der Waals surface area contributed by atoms with E-state index in [1.54, 1.807) is 24.5 Å². The first-order chi connectivity index (χ1) is 13.5. The van der Waals surface area contributed by atoms with Crippen molar-refractivity contribution < 1.29 is 13.2 Å². The molecule has 0 unspecified atom stereocenters. The summed E-state index contributed by atoms with van der Waals surface area (Å²) in [6, 6.07) is 18.4. The van der Waals surface area contributed by atoms with Gasteiger partial charge in [0.25, 0.3) is 0 Å². The topological polar surface area (TPSA) is 37.8 Å². The van der Waals surface area contributed by atoms with Gasteiger partial charge in [0, 0.05) is 29.9 Å². The van der Waals surface area contributed by atoms with Gasteiger partial charge < -0.3 is 5.32 Å². The molecular weight excluding hydrogens is 363 g/mol. The van der Waals surface area contributed by atoms with E-state index in [-0.39, 0.29) is 0 Å². The minimum absolute atomic E-state index is 0.437. The predicted molar refractivity (Wildman–Crippen MR) is 104 cm³/mol. The summed E-state index contributed by atoms with van der Waals surface area (Å²) in [5.41, 5.74) is 2.86. The lowest BCUT2D eigenvalue weighted by atomic mass is 10.0. The molecular formula is C22H16F3N3. The number of anilines is 1. The van der Waals surface area contributed by atoms with E-state index in [1.807, 2.05) is 36.4 Å². The highest BCUT2D eigenvalue weighted by atomic mass is 19.4. The number of nitrogens with zero attached hydrogens (tertiary/aromatic N) is 2. The number of fused-ring (bicyclic) bond motifs is 1. The molecule has 0 aliphatic rings. The zero-order valence-electron chi connectivity index (χ0n) is 14.7. The molecule has 0 fully saturated rings. The van der Waals surface area contributed by atoms with Gasteiger partial charge in [0.1, 0.15) is 0 Å². The van der Waals surface area contributed by atoms with Crippen LogP contribution in [0.15, 0.2) is 79.1 Å². The van der Waals surface area contributed by atoms with E-state index in [0.717, 1.165) is 34.3 Å². The van der Waals surface area contributed by atoms with Crippen LogP contribution in [0.3, 0.4) is 0 Å². The van der Waals surface area contributed by atoms with Crippen LogP contribution in [-0.2, 0) is 12.7 Å². The summed E-state index contributed by atoms with van der Waals surface area (Å²) in [6.07, 6.45) is -0.954. The molecule has 0 amide bonds. The molecule has 2 aromatic heterocycles. The first kappa shape index (κ1) is 18.0. The van der Waals surface area contributed by atoms with E-state index >= 15 is 0 Å². The second kappa shape index (κ2) is 7.31. The fourth-order valence-corrected chi connectivity index (χ4v) is 3.03. The van der Waals surface area contributed by atoms with Gasteiger partial charge in [-0.05, 0) is 35.9 Å². The van der Waals surface area contributed by atoms with Crippen LogP contribution < -0.4 is 5.32 Å². The van der Waals surface area contributed by atoms with Gasteiger partial charge >= 0.3 is 6.18 Å². The molecule has 3 nitrogen and oxygen atoms in total. The molecule has 4 rings (SSSR count). The molecule has 0 spiro atoms. The van der Waals surface area contributed by atoms with Crippen molar-refractivity contribution in [1.82, 2.24) is 9.97 Å². The van der Waals surface area contributed by atoms with Gasteiger partial charge in [0.15, 0.2) is 0 Å². The number of hydrogen-bond acceptors (Lipinski definition) is 3. The predicted octanol–water partition coefficient (Wildman–Crippen LogP) is 5.93. The summed E-state index contributed by atoms with van der Waals surface area (Å²) in [4.78, 5) is 8.73. The van der Waals surface area contributed by atoms with Gasteiger partial charge in [-0.2, -0.15) is 13.2 Å². The second-order valence-corrected chi connectivity index (χ2v) is 6.36. The van der Waals surface area contributed by atoms with Crippen molar-refractivity contribution in [3.8, 4) is 11.3 Å². The third-order valence-electron chi connectivity index (χ3n) is 4.43. The average Bonchev–Trinajstić information content (AvgIpc) is 2.72. The molecule has 6 heteroatoms. The maximum Gasteiger partial charge on any atom is 0.416 e. The number of benzene rings is 2. The van der Waals surface area contributed by atoms with Crippen molar-refractivity contribution in [2.75, 3.05) is 5.32 Å². The zero-order valence-corrected chi connectivity index (χ0v) is 14.7. The molecule has 0 bridgehead atoms. The first-order valence-electron chi connectivity index (χ1n) is 8.71. The lowest BCUT2D eigenvalue weighted by Gasteiger charge is -2.11. The SMILES string of the molecule is FC(F)(F)c1cccc(-c2ccc3cccc(CNc4cccnc4)c3n2)c1. The Hall–Kier alpha value is -3.41. The second-order valence-electron chi connectivity index (χ2n) is 6.36. The van der Waals surface area contributed by atoms with Crippen LogP contribution in [0.1, 0.15) is 11.1 Å². The summed E-state index contributed by atoms with van der Waals surface area (Å²) < 4.78 is 39.1. The van der Waals surface area contributed by atoms with Gasteiger partial charge in [-0.3, -0.25) is 4.98 Å². The van der Waals surface area contributed by atoms with E-state index in [4.69, 9.17) is 0 Å². The Balaban J connectivity index is 1.70. The van der Waals surface area contributed by atoms with E-state index in [9.17, 15) is 13.2 Å². The monoisotopic (exact) mass is 379 g/mol. The number of rotatable bonds is 4. The van der Waals surface area contributed by atoms with Gasteiger partial charge in [-0.25, -0.2) is 4.98 Å². The van der Waals surface area contributed by atoms with Crippen molar-refractivity contribution in [3.05, 3.63) is 90.3 Å². The Kier molecular flexibility index (Phi) is 4.69. The maximum absolute atomic E-state index is 13.0. The maximum atomic E-state index is 13.0. The van der Waals surface area contributed by atoms with Crippen molar-refractivity contribution in [3.63, 3.8) is 0 Å². The highest BCUT2D eigenvalue weighted by molar-refractivity contribution is 5.84. The standard InChI is InChI=1S/C22H16F3N3/c23-22(24,25)18-7-2-5-16(12-18)20-10-9-15-4-1-6-17(21(15)28-20)13-27-19-8-3-11-26-14-19/h1-12,14,27H,13H2. The lowest BCUT2D eigenvalue weighted by molar-refractivity contribution is -0.137. The number of nitrogens with one attached hydrogen (secondary N) is 1. The highest BCUT2D eigenvalue weighted by Crippen LogP contribution is 2.32. The Morgan fingerprint density at radius 1 is 0.893 bits per heavy atom. The molecule has 140 valence electrons. The summed E-state index contributed by atoms with van der Waals surface area (Å²) in [6.45, 7) is 0.530. The molecule has 0 aliphatic heterocycles. The number of pyridine rings is 2. The molecule has 1 N–H and O–H groups in total. The van der Waals surface area contributed by atoms with E-state index in [0.29, 0.717) is 17.8 Å². The van der Waals surface area contributed by atoms with Crippen LogP contribution in [0.25, 0.3) is 22.2 Å². The van der Waals surface area contributed by atoms with Crippen LogP contribution in [0, 0.1) is 0 Å². The van der Waals surface area contributed by atoms with Gasteiger partial charge in [0.2, 0.25) is 0 Å². The highest BCUT2D eigenvalue weighted by Gasteiger charge is 2.30. The molecule has 0 radical (unpaired) electrons. The Morgan fingerprint density at radius 2 is 1.75 bits per heavy atom. The third-order valence-corrected chi connectivity index (χ3v) is 4.43. The number of hydrogen-bond donors (Lipinski definition) is 1. The Bertz CT molecular complexity index is 1110. The van der Waals surface area contributed by atoms with Gasteiger partial charge in [-0.15, -0.1) is 0 Å². The summed E-state index contributed by atoms with van der Waals surface area (Å²) >= 11 is 0. The van der Waals surface area contributed by atoms with E-state index < -0.39 is 11.7 Å². The van der Waals surface area contributed by atoms with Gasteiger partial charge in [0.05, 0.1) is 22.5 Å². The summed E-state index contributed by atoms with van der Waals surface area (Å²) in [5.74, 6) is 0. The number of alkyl halides is 3. The molecule has 2 aromatic carbocycles. The van der Waals surface area contributed by atoms with Crippen LogP contribution in [0.5, 0.6) is 0 Å². The first-order valence-corrected chi connectivity index (χ1v) is 8.71. The normalized spacial score (nSPS) is 11.5. The van der Waals surface area contributed by atoms with Crippen molar-refractivity contribution in [2.24, 2.45) is 0 Å². The molecule has 0 aliphatic carbocycles. The van der Waals surface area contributed by atoms with Crippen LogP contribution in [0.2, 0.25) is 0 Å². The number of halogens is 3. The minimum Gasteiger partial charge on any atom is -0.380 e.